The topological polar surface area (TPSA) is 72.9 Å². The van der Waals surface area contributed by atoms with E-state index in [1.807, 2.05) is 19.1 Å². The number of rotatable bonds is 3. The number of nitrogen functional groups attached to an aromatic ring is 1. The molecule has 1 saturated heterocycles. The fourth-order valence-electron chi connectivity index (χ4n) is 3.38. The molecule has 2 aromatic heterocycles. The molecule has 0 bridgehead atoms. The first-order valence-corrected chi connectivity index (χ1v) is 8.18. The van der Waals surface area contributed by atoms with Crippen LogP contribution in [0.3, 0.4) is 0 Å². The van der Waals surface area contributed by atoms with Crippen molar-refractivity contribution < 1.29 is 0 Å². The summed E-state index contributed by atoms with van der Waals surface area (Å²) in [6.45, 7) is 2.91. The molecule has 24 heavy (non-hydrogen) atoms. The summed E-state index contributed by atoms with van der Waals surface area (Å²) in [5.41, 5.74) is 8.22. The van der Waals surface area contributed by atoms with Crippen molar-refractivity contribution in [1.29, 1.82) is 0 Å². The Balaban J connectivity index is 1.69. The molecule has 0 saturated carbocycles. The molecule has 0 spiro atoms. The van der Waals surface area contributed by atoms with Crippen molar-refractivity contribution in [2.45, 2.75) is 25.8 Å². The fourth-order valence-corrected chi connectivity index (χ4v) is 3.38. The van der Waals surface area contributed by atoms with Gasteiger partial charge in [-0.15, -0.1) is 0 Å². The summed E-state index contributed by atoms with van der Waals surface area (Å²) in [6, 6.07) is 14.7. The van der Waals surface area contributed by atoms with E-state index < -0.39 is 0 Å². The maximum Gasteiger partial charge on any atom is 0.161 e. The third-order valence-corrected chi connectivity index (χ3v) is 4.45. The average Bonchev–Trinajstić information content (AvgIpc) is 3.22. The van der Waals surface area contributed by atoms with Crippen LogP contribution in [-0.2, 0) is 0 Å². The molecule has 3 heterocycles. The van der Waals surface area contributed by atoms with E-state index >= 15 is 0 Å². The highest BCUT2D eigenvalue weighted by atomic mass is 15.3. The second-order valence-corrected chi connectivity index (χ2v) is 6.12. The minimum Gasteiger partial charge on any atom is -0.384 e. The molecule has 1 aliphatic rings. The number of benzene rings is 1. The van der Waals surface area contributed by atoms with Gasteiger partial charge in [-0.3, -0.25) is 0 Å². The fraction of sp³-hybridized carbons (Fsp3) is 0.278. The zero-order valence-corrected chi connectivity index (χ0v) is 13.6. The van der Waals surface area contributed by atoms with Crippen LogP contribution in [0, 0.1) is 6.92 Å². The third-order valence-electron chi connectivity index (χ3n) is 4.45. The SMILES string of the molecule is Cc1cc(N)n(-c2cc(N3CCC[C@H]3c3ccccc3)ncn2)n1. The number of aryl methyl sites for hydroxylation is 1. The lowest BCUT2D eigenvalue weighted by Crippen LogP contribution is -2.24. The Labute approximate surface area is 141 Å². The predicted molar refractivity (Wildman–Crippen MR) is 94.1 cm³/mol. The first-order valence-electron chi connectivity index (χ1n) is 8.18. The molecule has 0 radical (unpaired) electrons. The van der Waals surface area contributed by atoms with E-state index in [4.69, 9.17) is 5.73 Å². The standard InChI is InChI=1S/C18H20N6/c1-13-10-16(19)24(22-13)18-11-17(20-12-21-18)23-9-5-8-15(23)14-6-3-2-4-7-14/h2-4,6-7,10-12,15H,5,8-9,19H2,1H3/t15-/m0/s1. The lowest BCUT2D eigenvalue weighted by molar-refractivity contribution is 0.708. The Hall–Kier alpha value is -2.89. The van der Waals surface area contributed by atoms with Gasteiger partial charge < -0.3 is 10.6 Å². The van der Waals surface area contributed by atoms with Crippen molar-refractivity contribution in [3.63, 3.8) is 0 Å². The monoisotopic (exact) mass is 320 g/mol. The van der Waals surface area contributed by atoms with Crippen LogP contribution < -0.4 is 10.6 Å². The summed E-state index contributed by atoms with van der Waals surface area (Å²) >= 11 is 0. The Morgan fingerprint density at radius 3 is 2.62 bits per heavy atom. The zero-order valence-electron chi connectivity index (χ0n) is 13.6. The first-order chi connectivity index (χ1) is 11.7. The third kappa shape index (κ3) is 2.60. The van der Waals surface area contributed by atoms with Crippen LogP contribution in [0.5, 0.6) is 0 Å². The van der Waals surface area contributed by atoms with Gasteiger partial charge in [0.25, 0.3) is 0 Å². The minimum absolute atomic E-state index is 0.352. The molecule has 6 nitrogen and oxygen atoms in total. The van der Waals surface area contributed by atoms with Gasteiger partial charge in [-0.1, -0.05) is 30.3 Å². The Morgan fingerprint density at radius 1 is 1.08 bits per heavy atom. The van der Waals surface area contributed by atoms with E-state index in [0.29, 0.717) is 17.7 Å². The smallest absolute Gasteiger partial charge is 0.161 e. The van der Waals surface area contributed by atoms with Crippen molar-refractivity contribution in [2.75, 3.05) is 17.2 Å². The maximum absolute atomic E-state index is 6.02. The van der Waals surface area contributed by atoms with Gasteiger partial charge in [0.1, 0.15) is 18.0 Å². The second kappa shape index (κ2) is 5.96. The summed E-state index contributed by atoms with van der Waals surface area (Å²) in [4.78, 5) is 11.2. The molecule has 1 atom stereocenters. The van der Waals surface area contributed by atoms with Crippen LogP contribution >= 0.6 is 0 Å². The van der Waals surface area contributed by atoms with E-state index in [0.717, 1.165) is 30.9 Å². The Bertz CT molecular complexity index is 842. The van der Waals surface area contributed by atoms with Crippen LogP contribution in [0.1, 0.15) is 30.1 Å². The van der Waals surface area contributed by atoms with Gasteiger partial charge in [0.15, 0.2) is 5.82 Å². The number of aromatic nitrogens is 4. The van der Waals surface area contributed by atoms with E-state index in [9.17, 15) is 0 Å². The van der Waals surface area contributed by atoms with Crippen LogP contribution in [0.15, 0.2) is 48.8 Å². The molecule has 6 heteroatoms. The number of nitrogens with zero attached hydrogens (tertiary/aromatic N) is 5. The predicted octanol–water partition coefficient (Wildman–Crippen LogP) is 2.89. The highest BCUT2D eigenvalue weighted by Gasteiger charge is 2.27. The van der Waals surface area contributed by atoms with Crippen LogP contribution in [0.2, 0.25) is 0 Å². The van der Waals surface area contributed by atoms with Gasteiger partial charge in [-0.2, -0.15) is 9.78 Å². The van der Waals surface area contributed by atoms with Gasteiger partial charge in [0.05, 0.1) is 11.7 Å². The van der Waals surface area contributed by atoms with Gasteiger partial charge in [-0.25, -0.2) is 9.97 Å². The van der Waals surface area contributed by atoms with Crippen LogP contribution in [0.4, 0.5) is 11.6 Å². The average molecular weight is 320 g/mol. The quantitative estimate of drug-likeness (QED) is 0.803. The second-order valence-electron chi connectivity index (χ2n) is 6.12. The van der Waals surface area contributed by atoms with Crippen LogP contribution in [0.25, 0.3) is 5.82 Å². The van der Waals surface area contributed by atoms with E-state index in [1.165, 1.54) is 5.56 Å². The highest BCUT2D eigenvalue weighted by Crippen LogP contribution is 2.35. The van der Waals surface area contributed by atoms with Crippen molar-refractivity contribution in [3.8, 4) is 5.82 Å². The molecular formula is C18H20N6. The largest absolute Gasteiger partial charge is 0.384 e. The molecule has 3 aromatic rings. The molecular weight excluding hydrogens is 300 g/mol. The summed E-state index contributed by atoms with van der Waals surface area (Å²) in [5.74, 6) is 2.20. The zero-order chi connectivity index (χ0) is 16.5. The summed E-state index contributed by atoms with van der Waals surface area (Å²) < 4.78 is 1.66. The summed E-state index contributed by atoms with van der Waals surface area (Å²) in [5, 5.41) is 4.41. The molecule has 0 amide bonds. The van der Waals surface area contributed by atoms with E-state index in [2.05, 4.69) is 50.3 Å². The minimum atomic E-state index is 0.352. The van der Waals surface area contributed by atoms with Crippen molar-refractivity contribution >= 4 is 11.6 Å². The molecule has 1 aromatic carbocycles. The number of hydrogen-bond acceptors (Lipinski definition) is 5. The van der Waals surface area contributed by atoms with Crippen molar-refractivity contribution in [1.82, 2.24) is 19.7 Å². The Kier molecular flexibility index (Phi) is 3.65. The highest BCUT2D eigenvalue weighted by molar-refractivity contribution is 5.49. The molecule has 1 aliphatic heterocycles. The molecule has 122 valence electrons. The summed E-state index contributed by atoms with van der Waals surface area (Å²) in [7, 11) is 0. The normalized spacial score (nSPS) is 17.4. The van der Waals surface area contributed by atoms with Gasteiger partial charge in [0, 0.05) is 18.7 Å². The Morgan fingerprint density at radius 2 is 1.88 bits per heavy atom. The van der Waals surface area contributed by atoms with E-state index in [1.54, 1.807) is 11.0 Å². The molecule has 1 fully saturated rings. The van der Waals surface area contributed by atoms with Gasteiger partial charge in [-0.05, 0) is 25.3 Å². The lowest BCUT2D eigenvalue weighted by atomic mass is 10.0. The molecule has 0 unspecified atom stereocenters. The van der Waals surface area contributed by atoms with Crippen molar-refractivity contribution in [3.05, 3.63) is 60.0 Å². The van der Waals surface area contributed by atoms with Crippen molar-refractivity contribution in [2.24, 2.45) is 0 Å². The molecule has 4 rings (SSSR count). The molecule has 0 aliphatic carbocycles. The van der Waals surface area contributed by atoms with Gasteiger partial charge in [0.2, 0.25) is 0 Å². The lowest BCUT2D eigenvalue weighted by Gasteiger charge is -2.26. The molecule has 2 N–H and O–H groups in total. The maximum atomic E-state index is 6.02. The number of nitrogens with two attached hydrogens (primary N) is 1. The first kappa shape index (κ1) is 14.7. The van der Waals surface area contributed by atoms with E-state index in [-0.39, 0.29) is 0 Å². The number of hydrogen-bond donors (Lipinski definition) is 1. The van der Waals surface area contributed by atoms with Gasteiger partial charge >= 0.3 is 0 Å². The summed E-state index contributed by atoms with van der Waals surface area (Å²) in [6.07, 6.45) is 3.87. The number of anilines is 2. The van der Waals surface area contributed by atoms with Crippen LogP contribution in [-0.4, -0.2) is 26.3 Å².